The normalized spacial score (nSPS) is 14.3. The highest BCUT2D eigenvalue weighted by atomic mass is 32.1. The third-order valence-electron chi connectivity index (χ3n) is 4.33. The molecule has 3 rings (SSSR count). The van der Waals surface area contributed by atoms with Gasteiger partial charge >= 0.3 is 0 Å². The summed E-state index contributed by atoms with van der Waals surface area (Å²) in [5.41, 5.74) is 0.881. The van der Waals surface area contributed by atoms with Crippen molar-refractivity contribution in [1.82, 2.24) is 14.8 Å². The van der Waals surface area contributed by atoms with E-state index in [0.29, 0.717) is 48.9 Å². The van der Waals surface area contributed by atoms with Gasteiger partial charge < -0.3 is 19.3 Å². The summed E-state index contributed by atoms with van der Waals surface area (Å²) in [7, 11) is 3.05. The predicted molar refractivity (Wildman–Crippen MR) is 98.2 cm³/mol. The topological polar surface area (TPSA) is 72.0 Å². The van der Waals surface area contributed by atoms with Gasteiger partial charge in [-0.2, -0.15) is 0 Å². The highest BCUT2D eigenvalue weighted by molar-refractivity contribution is 7.09. The fourth-order valence-corrected chi connectivity index (χ4v) is 3.54. The fourth-order valence-electron chi connectivity index (χ4n) is 2.96. The van der Waals surface area contributed by atoms with Gasteiger partial charge in [-0.3, -0.25) is 9.59 Å². The molecule has 0 saturated carbocycles. The molecule has 0 spiro atoms. The summed E-state index contributed by atoms with van der Waals surface area (Å²) in [5, 5.41) is 2.64. The number of piperazine rings is 1. The van der Waals surface area contributed by atoms with E-state index in [2.05, 4.69) is 4.98 Å². The number of aromatic nitrogens is 1. The zero-order valence-electron chi connectivity index (χ0n) is 15.0. The molecule has 0 aliphatic carbocycles. The lowest BCUT2D eigenvalue weighted by Crippen LogP contribution is -2.50. The van der Waals surface area contributed by atoms with Crippen LogP contribution in [0.1, 0.15) is 25.9 Å². The van der Waals surface area contributed by atoms with Crippen molar-refractivity contribution in [2.45, 2.75) is 6.92 Å². The van der Waals surface area contributed by atoms with Crippen LogP contribution in [0.15, 0.2) is 23.6 Å². The number of thiazole rings is 1. The molecule has 0 atom stereocenters. The molecule has 1 saturated heterocycles. The quantitative estimate of drug-likeness (QED) is 0.818. The molecule has 26 heavy (non-hydrogen) atoms. The summed E-state index contributed by atoms with van der Waals surface area (Å²) in [5.74, 6) is 0.712. The van der Waals surface area contributed by atoms with Crippen LogP contribution in [0.2, 0.25) is 0 Å². The minimum Gasteiger partial charge on any atom is -0.496 e. The minimum atomic E-state index is -0.157. The Balaban J connectivity index is 1.70. The number of carbonyl (C=O) groups is 2. The largest absolute Gasteiger partial charge is 0.496 e. The molecule has 7 nitrogen and oxygen atoms in total. The molecule has 1 aliphatic rings. The first-order valence-corrected chi connectivity index (χ1v) is 9.14. The Morgan fingerprint density at radius 2 is 1.54 bits per heavy atom. The first kappa shape index (κ1) is 18.2. The number of amides is 2. The van der Waals surface area contributed by atoms with Gasteiger partial charge in [0.2, 0.25) is 0 Å². The van der Waals surface area contributed by atoms with Crippen LogP contribution >= 0.6 is 11.3 Å². The van der Waals surface area contributed by atoms with Crippen molar-refractivity contribution in [3.63, 3.8) is 0 Å². The van der Waals surface area contributed by atoms with Crippen LogP contribution in [0.5, 0.6) is 11.5 Å². The van der Waals surface area contributed by atoms with E-state index in [4.69, 9.17) is 9.47 Å². The zero-order valence-corrected chi connectivity index (χ0v) is 15.8. The Bertz CT molecular complexity index is 790. The molecule has 0 N–H and O–H groups in total. The summed E-state index contributed by atoms with van der Waals surface area (Å²) in [6, 6.07) is 5.25. The van der Waals surface area contributed by atoms with Gasteiger partial charge in [0.25, 0.3) is 11.8 Å². The van der Waals surface area contributed by atoms with E-state index in [1.165, 1.54) is 25.6 Å². The first-order valence-electron chi connectivity index (χ1n) is 8.26. The maximum absolute atomic E-state index is 13.0. The van der Waals surface area contributed by atoms with E-state index in [1.54, 1.807) is 33.4 Å². The van der Waals surface area contributed by atoms with Crippen molar-refractivity contribution >= 4 is 23.2 Å². The van der Waals surface area contributed by atoms with E-state index in [9.17, 15) is 9.59 Å². The van der Waals surface area contributed by atoms with Crippen molar-refractivity contribution < 1.29 is 19.1 Å². The van der Waals surface area contributed by atoms with E-state index >= 15 is 0 Å². The van der Waals surface area contributed by atoms with Crippen molar-refractivity contribution in [3.8, 4) is 11.5 Å². The van der Waals surface area contributed by atoms with E-state index in [1.807, 2.05) is 6.92 Å². The molecule has 0 unspecified atom stereocenters. The highest BCUT2D eigenvalue weighted by Crippen LogP contribution is 2.30. The molecule has 2 amide bonds. The van der Waals surface area contributed by atoms with E-state index in [-0.39, 0.29) is 11.8 Å². The van der Waals surface area contributed by atoms with Gasteiger partial charge in [-0.1, -0.05) is 6.07 Å². The molecule has 2 heterocycles. The second kappa shape index (κ2) is 7.74. The summed E-state index contributed by atoms with van der Waals surface area (Å²) >= 11 is 1.46. The van der Waals surface area contributed by atoms with Crippen molar-refractivity contribution in [3.05, 3.63) is 39.8 Å². The third-order valence-corrected chi connectivity index (χ3v) is 5.11. The van der Waals surface area contributed by atoms with Crippen LogP contribution in [-0.4, -0.2) is 67.0 Å². The molecule has 1 aromatic carbocycles. The van der Waals surface area contributed by atoms with Crippen LogP contribution in [0, 0.1) is 6.92 Å². The van der Waals surface area contributed by atoms with Gasteiger partial charge in [0.1, 0.15) is 22.8 Å². The fraction of sp³-hybridized carbons (Fsp3) is 0.389. The zero-order chi connectivity index (χ0) is 18.7. The number of nitrogens with zero attached hydrogens (tertiary/aromatic N) is 3. The molecular weight excluding hydrogens is 354 g/mol. The first-order chi connectivity index (χ1) is 12.5. The predicted octanol–water partition coefficient (Wildman–Crippen LogP) is 2.07. The number of methoxy groups -OCH3 is 2. The molecule has 2 aromatic rings. The van der Waals surface area contributed by atoms with Gasteiger partial charge in [-0.15, -0.1) is 11.3 Å². The minimum absolute atomic E-state index is 0.0867. The lowest BCUT2D eigenvalue weighted by molar-refractivity contribution is 0.0529. The van der Waals surface area contributed by atoms with Crippen LogP contribution in [0.4, 0.5) is 0 Å². The molecular formula is C18H21N3O4S. The summed E-state index contributed by atoms with van der Waals surface area (Å²) in [4.78, 5) is 33.1. The van der Waals surface area contributed by atoms with Crippen LogP contribution < -0.4 is 9.47 Å². The van der Waals surface area contributed by atoms with Crippen molar-refractivity contribution in [2.75, 3.05) is 40.4 Å². The molecule has 1 aromatic heterocycles. The van der Waals surface area contributed by atoms with Crippen LogP contribution in [0.25, 0.3) is 0 Å². The Labute approximate surface area is 156 Å². The average Bonchev–Trinajstić information content (AvgIpc) is 3.12. The molecule has 0 bridgehead atoms. The maximum atomic E-state index is 13.0. The van der Waals surface area contributed by atoms with Crippen molar-refractivity contribution in [1.29, 1.82) is 0 Å². The number of hydrogen-bond acceptors (Lipinski definition) is 6. The number of hydrogen-bond donors (Lipinski definition) is 0. The summed E-state index contributed by atoms with van der Waals surface area (Å²) < 4.78 is 10.6. The Kier molecular flexibility index (Phi) is 5.41. The number of carbonyl (C=O) groups excluding carboxylic acids is 2. The highest BCUT2D eigenvalue weighted by Gasteiger charge is 2.29. The molecule has 1 fully saturated rings. The Morgan fingerprint density at radius 3 is 2.00 bits per heavy atom. The summed E-state index contributed by atoms with van der Waals surface area (Å²) in [6.07, 6.45) is 0. The molecule has 8 heteroatoms. The number of ether oxygens (including phenoxy) is 2. The number of rotatable bonds is 4. The molecule has 0 radical (unpaired) electrons. The Morgan fingerprint density at radius 1 is 1.00 bits per heavy atom. The second-order valence-corrected chi connectivity index (χ2v) is 6.94. The second-order valence-electron chi connectivity index (χ2n) is 5.87. The van der Waals surface area contributed by atoms with E-state index in [0.717, 1.165) is 5.01 Å². The van der Waals surface area contributed by atoms with Gasteiger partial charge in [0.05, 0.1) is 19.2 Å². The Hall–Kier alpha value is -2.61. The monoisotopic (exact) mass is 375 g/mol. The van der Waals surface area contributed by atoms with Crippen LogP contribution in [0.3, 0.4) is 0 Å². The SMILES string of the molecule is COc1cccc(OC)c1C(=O)N1CCN(C(=O)c2csc(C)n2)CC1. The average molecular weight is 375 g/mol. The van der Waals surface area contributed by atoms with Gasteiger partial charge in [0, 0.05) is 31.6 Å². The van der Waals surface area contributed by atoms with Gasteiger partial charge in [-0.05, 0) is 19.1 Å². The van der Waals surface area contributed by atoms with Crippen molar-refractivity contribution in [2.24, 2.45) is 0 Å². The third kappa shape index (κ3) is 3.50. The van der Waals surface area contributed by atoms with Gasteiger partial charge in [0.15, 0.2) is 0 Å². The van der Waals surface area contributed by atoms with Gasteiger partial charge in [-0.25, -0.2) is 4.98 Å². The molecule has 1 aliphatic heterocycles. The van der Waals surface area contributed by atoms with Crippen LogP contribution in [-0.2, 0) is 0 Å². The standard InChI is InChI=1S/C18H21N3O4S/c1-12-19-13(11-26-12)17(22)20-7-9-21(10-8-20)18(23)16-14(24-2)5-4-6-15(16)25-3/h4-6,11H,7-10H2,1-3H3. The summed E-state index contributed by atoms with van der Waals surface area (Å²) in [6.45, 7) is 3.72. The number of benzene rings is 1. The number of aryl methyl sites for hydroxylation is 1. The maximum Gasteiger partial charge on any atom is 0.273 e. The lowest BCUT2D eigenvalue weighted by atomic mass is 10.1. The van der Waals surface area contributed by atoms with E-state index < -0.39 is 0 Å². The lowest BCUT2D eigenvalue weighted by Gasteiger charge is -2.34. The molecule has 138 valence electrons. The smallest absolute Gasteiger partial charge is 0.273 e.